The summed E-state index contributed by atoms with van der Waals surface area (Å²) < 4.78 is 1.80. The Labute approximate surface area is 121 Å². The van der Waals surface area contributed by atoms with E-state index in [0.717, 1.165) is 16.8 Å². The number of benzene rings is 1. The minimum Gasteiger partial charge on any atom is -0.506 e. The molecule has 0 aliphatic rings. The summed E-state index contributed by atoms with van der Waals surface area (Å²) in [5, 5.41) is 14.3. The first kappa shape index (κ1) is 12.7. The molecule has 0 atom stereocenters. The van der Waals surface area contributed by atoms with Crippen LogP contribution in [0.1, 0.15) is 11.1 Å². The monoisotopic (exact) mass is 285 g/mol. The fourth-order valence-electron chi connectivity index (χ4n) is 2.01. The van der Waals surface area contributed by atoms with Crippen molar-refractivity contribution in [1.29, 1.82) is 0 Å². The van der Waals surface area contributed by atoms with Crippen LogP contribution >= 0.6 is 11.6 Å². The third-order valence-corrected chi connectivity index (χ3v) is 3.24. The molecule has 0 saturated heterocycles. The molecule has 3 rings (SSSR count). The quantitative estimate of drug-likeness (QED) is 0.752. The SMILES string of the molecule is Oc1cnc(Cl)cc1Cc1ccc(-n2cccn2)cc1. The molecule has 0 unspecified atom stereocenters. The zero-order valence-electron chi connectivity index (χ0n) is 10.6. The Balaban J connectivity index is 1.83. The molecular formula is C15H12ClN3O. The maximum atomic E-state index is 9.77. The Morgan fingerprint density at radius 3 is 2.70 bits per heavy atom. The molecule has 2 aromatic heterocycles. The molecule has 0 amide bonds. The van der Waals surface area contributed by atoms with Gasteiger partial charge in [0.1, 0.15) is 10.9 Å². The van der Waals surface area contributed by atoms with Gasteiger partial charge in [-0.1, -0.05) is 23.7 Å². The molecule has 0 fully saturated rings. The molecule has 5 heteroatoms. The van der Waals surface area contributed by atoms with E-state index >= 15 is 0 Å². The van der Waals surface area contributed by atoms with E-state index in [1.54, 1.807) is 16.9 Å². The van der Waals surface area contributed by atoms with Gasteiger partial charge in [-0.3, -0.25) is 0 Å². The van der Waals surface area contributed by atoms with Gasteiger partial charge >= 0.3 is 0 Å². The number of rotatable bonds is 3. The third kappa shape index (κ3) is 2.65. The van der Waals surface area contributed by atoms with Gasteiger partial charge in [0.2, 0.25) is 0 Å². The average molecular weight is 286 g/mol. The van der Waals surface area contributed by atoms with Crippen LogP contribution in [0.5, 0.6) is 5.75 Å². The zero-order valence-corrected chi connectivity index (χ0v) is 11.3. The van der Waals surface area contributed by atoms with Gasteiger partial charge in [-0.2, -0.15) is 5.10 Å². The van der Waals surface area contributed by atoms with Gasteiger partial charge in [-0.05, 0) is 29.8 Å². The minimum absolute atomic E-state index is 0.158. The Hall–Kier alpha value is -2.33. The fraction of sp³-hybridized carbons (Fsp3) is 0.0667. The van der Waals surface area contributed by atoms with Crippen molar-refractivity contribution in [2.24, 2.45) is 0 Å². The third-order valence-electron chi connectivity index (χ3n) is 3.03. The second-order valence-corrected chi connectivity index (χ2v) is 4.82. The van der Waals surface area contributed by atoms with Crippen molar-refractivity contribution in [3.8, 4) is 11.4 Å². The molecule has 0 aliphatic carbocycles. The van der Waals surface area contributed by atoms with E-state index in [0.29, 0.717) is 11.6 Å². The first-order valence-corrected chi connectivity index (χ1v) is 6.52. The maximum absolute atomic E-state index is 9.77. The molecule has 0 spiro atoms. The molecule has 20 heavy (non-hydrogen) atoms. The maximum Gasteiger partial charge on any atom is 0.137 e. The molecule has 0 bridgehead atoms. The zero-order chi connectivity index (χ0) is 13.9. The van der Waals surface area contributed by atoms with E-state index in [-0.39, 0.29) is 5.75 Å². The van der Waals surface area contributed by atoms with Gasteiger partial charge in [0.05, 0.1) is 11.9 Å². The van der Waals surface area contributed by atoms with Crippen molar-refractivity contribution in [1.82, 2.24) is 14.8 Å². The number of hydrogen-bond donors (Lipinski definition) is 1. The molecular weight excluding hydrogens is 274 g/mol. The summed E-state index contributed by atoms with van der Waals surface area (Å²) in [5.41, 5.74) is 2.84. The molecule has 0 radical (unpaired) electrons. The highest BCUT2D eigenvalue weighted by atomic mass is 35.5. The van der Waals surface area contributed by atoms with Crippen LogP contribution in [0.4, 0.5) is 0 Å². The molecule has 2 heterocycles. The van der Waals surface area contributed by atoms with Crippen LogP contribution in [-0.2, 0) is 6.42 Å². The van der Waals surface area contributed by atoms with Crippen molar-refractivity contribution in [3.05, 3.63) is 71.3 Å². The molecule has 1 N–H and O–H groups in total. The smallest absolute Gasteiger partial charge is 0.137 e. The summed E-state index contributed by atoms with van der Waals surface area (Å²) in [5.74, 6) is 0.158. The van der Waals surface area contributed by atoms with E-state index < -0.39 is 0 Å². The number of aromatic hydroxyl groups is 1. The predicted molar refractivity (Wildman–Crippen MR) is 77.3 cm³/mol. The highest BCUT2D eigenvalue weighted by Gasteiger charge is 2.05. The van der Waals surface area contributed by atoms with E-state index in [1.165, 1.54) is 6.20 Å². The lowest BCUT2D eigenvalue weighted by molar-refractivity contribution is 0.466. The minimum atomic E-state index is 0.158. The van der Waals surface area contributed by atoms with Crippen LogP contribution < -0.4 is 0 Å². The lowest BCUT2D eigenvalue weighted by Gasteiger charge is -2.06. The fourth-order valence-corrected chi connectivity index (χ4v) is 2.19. The second kappa shape index (κ2) is 5.35. The highest BCUT2D eigenvalue weighted by molar-refractivity contribution is 6.29. The van der Waals surface area contributed by atoms with Crippen molar-refractivity contribution < 1.29 is 5.11 Å². The first-order valence-electron chi connectivity index (χ1n) is 6.15. The normalized spacial score (nSPS) is 10.7. The lowest BCUT2D eigenvalue weighted by atomic mass is 10.1. The van der Waals surface area contributed by atoms with Crippen LogP contribution in [0.2, 0.25) is 5.15 Å². The largest absolute Gasteiger partial charge is 0.506 e. The average Bonchev–Trinajstić information content (AvgIpc) is 2.98. The second-order valence-electron chi connectivity index (χ2n) is 4.43. The van der Waals surface area contributed by atoms with Gasteiger partial charge in [-0.25, -0.2) is 9.67 Å². The standard InChI is InChI=1S/C15H12ClN3O/c16-15-9-12(14(20)10-17-15)8-11-2-4-13(5-3-11)19-7-1-6-18-19/h1-7,9-10,20H,8H2. The molecule has 3 aromatic rings. The van der Waals surface area contributed by atoms with E-state index in [2.05, 4.69) is 10.1 Å². The van der Waals surface area contributed by atoms with Gasteiger partial charge in [0.25, 0.3) is 0 Å². The predicted octanol–water partition coefficient (Wildman–Crippen LogP) is 3.22. The van der Waals surface area contributed by atoms with Gasteiger partial charge < -0.3 is 5.11 Å². The summed E-state index contributed by atoms with van der Waals surface area (Å²) in [6, 6.07) is 11.5. The van der Waals surface area contributed by atoms with Crippen LogP contribution in [-0.4, -0.2) is 19.9 Å². The van der Waals surface area contributed by atoms with Crippen molar-refractivity contribution >= 4 is 11.6 Å². The number of hydrogen-bond acceptors (Lipinski definition) is 3. The Morgan fingerprint density at radius 2 is 2.00 bits per heavy atom. The Morgan fingerprint density at radius 1 is 1.20 bits per heavy atom. The van der Waals surface area contributed by atoms with Gasteiger partial charge in [0.15, 0.2) is 0 Å². The molecule has 0 aliphatic heterocycles. The molecule has 1 aromatic carbocycles. The first-order chi connectivity index (χ1) is 9.72. The molecule has 100 valence electrons. The Bertz CT molecular complexity index is 708. The summed E-state index contributed by atoms with van der Waals surface area (Å²) in [4.78, 5) is 3.83. The Kier molecular flexibility index (Phi) is 3.39. The van der Waals surface area contributed by atoms with Crippen molar-refractivity contribution in [2.75, 3.05) is 0 Å². The van der Waals surface area contributed by atoms with Gasteiger partial charge in [-0.15, -0.1) is 0 Å². The topological polar surface area (TPSA) is 50.9 Å². The summed E-state index contributed by atoms with van der Waals surface area (Å²) in [6.45, 7) is 0. The van der Waals surface area contributed by atoms with Gasteiger partial charge in [0, 0.05) is 24.4 Å². The van der Waals surface area contributed by atoms with Crippen molar-refractivity contribution in [3.63, 3.8) is 0 Å². The number of pyridine rings is 1. The van der Waals surface area contributed by atoms with E-state index in [9.17, 15) is 5.11 Å². The van der Waals surface area contributed by atoms with Crippen LogP contribution in [0.15, 0.2) is 55.0 Å². The lowest BCUT2D eigenvalue weighted by Crippen LogP contribution is -1.95. The summed E-state index contributed by atoms with van der Waals surface area (Å²) >= 11 is 5.84. The number of nitrogens with zero attached hydrogens (tertiary/aromatic N) is 3. The number of halogens is 1. The number of aromatic nitrogens is 3. The highest BCUT2D eigenvalue weighted by Crippen LogP contribution is 2.22. The van der Waals surface area contributed by atoms with E-state index in [4.69, 9.17) is 11.6 Å². The van der Waals surface area contributed by atoms with Crippen LogP contribution in [0.25, 0.3) is 5.69 Å². The van der Waals surface area contributed by atoms with Crippen LogP contribution in [0, 0.1) is 0 Å². The molecule has 0 saturated carbocycles. The van der Waals surface area contributed by atoms with Crippen LogP contribution in [0.3, 0.4) is 0 Å². The molecule has 4 nitrogen and oxygen atoms in total. The summed E-state index contributed by atoms with van der Waals surface area (Å²) in [6.07, 6.45) is 5.61. The van der Waals surface area contributed by atoms with Crippen molar-refractivity contribution in [2.45, 2.75) is 6.42 Å². The summed E-state index contributed by atoms with van der Waals surface area (Å²) in [7, 11) is 0. The van der Waals surface area contributed by atoms with E-state index in [1.807, 2.05) is 36.5 Å².